The first-order valence-corrected chi connectivity index (χ1v) is 5.81. The van der Waals surface area contributed by atoms with E-state index in [-0.39, 0.29) is 25.1 Å². The maximum absolute atomic E-state index is 13.4. The Bertz CT molecular complexity index is 547. The molecule has 1 N–H and O–H groups in total. The van der Waals surface area contributed by atoms with Crippen molar-refractivity contribution < 1.29 is 24.0 Å². The molecule has 0 saturated heterocycles. The minimum Gasteiger partial charge on any atom is -0.481 e. The third kappa shape index (κ3) is 3.74. The topological polar surface area (TPSA) is 101 Å². The number of carboxylic acids is 1. The van der Waals surface area contributed by atoms with E-state index in [1.807, 2.05) is 0 Å². The van der Waals surface area contributed by atoms with Crippen molar-refractivity contribution in [2.24, 2.45) is 0 Å². The highest BCUT2D eigenvalue weighted by atomic mass is 19.1. The number of nitro groups is 1. The molecule has 0 unspecified atom stereocenters. The molecule has 7 nitrogen and oxygen atoms in total. The summed E-state index contributed by atoms with van der Waals surface area (Å²) in [5.74, 6) is -2.72. The van der Waals surface area contributed by atoms with E-state index >= 15 is 0 Å². The summed E-state index contributed by atoms with van der Waals surface area (Å²) in [6.07, 6.45) is -0.227. The summed E-state index contributed by atoms with van der Waals surface area (Å²) < 4.78 is 13.4. The van der Waals surface area contributed by atoms with E-state index in [1.54, 1.807) is 6.92 Å². The van der Waals surface area contributed by atoms with Crippen LogP contribution in [0, 0.1) is 15.9 Å². The van der Waals surface area contributed by atoms with Gasteiger partial charge in [0.2, 0.25) is 5.82 Å². The maximum Gasteiger partial charge on any atom is 0.305 e. The van der Waals surface area contributed by atoms with Crippen LogP contribution in [0.1, 0.15) is 23.7 Å². The molecule has 0 aliphatic rings. The molecule has 0 saturated carbocycles. The molecule has 1 aromatic carbocycles. The van der Waals surface area contributed by atoms with E-state index in [4.69, 9.17) is 5.11 Å². The summed E-state index contributed by atoms with van der Waals surface area (Å²) in [4.78, 5) is 33.3. The molecule has 1 amide bonds. The molecular weight excluding hydrogens is 271 g/mol. The van der Waals surface area contributed by atoms with Gasteiger partial charge in [0.15, 0.2) is 0 Å². The van der Waals surface area contributed by atoms with Gasteiger partial charge in [0.1, 0.15) is 0 Å². The van der Waals surface area contributed by atoms with E-state index in [1.165, 1.54) is 4.90 Å². The van der Waals surface area contributed by atoms with Gasteiger partial charge in [-0.2, -0.15) is 4.39 Å². The average Bonchev–Trinajstić information content (AvgIpc) is 2.38. The predicted molar refractivity (Wildman–Crippen MR) is 66.9 cm³/mol. The van der Waals surface area contributed by atoms with Crippen LogP contribution in [0.3, 0.4) is 0 Å². The summed E-state index contributed by atoms with van der Waals surface area (Å²) in [6.45, 7) is 1.90. The number of aliphatic carboxylic acids is 1. The van der Waals surface area contributed by atoms with Crippen molar-refractivity contribution >= 4 is 17.6 Å². The number of carbonyl (C=O) groups excluding carboxylic acids is 1. The second kappa shape index (κ2) is 6.60. The molecule has 108 valence electrons. The van der Waals surface area contributed by atoms with Gasteiger partial charge in [-0.15, -0.1) is 0 Å². The molecule has 0 radical (unpaired) electrons. The van der Waals surface area contributed by atoms with Crippen LogP contribution in [0.5, 0.6) is 0 Å². The zero-order valence-electron chi connectivity index (χ0n) is 10.7. The molecule has 1 aromatic rings. The molecule has 1 rings (SSSR count). The second-order valence-electron chi connectivity index (χ2n) is 3.95. The van der Waals surface area contributed by atoms with Crippen LogP contribution >= 0.6 is 0 Å². The summed E-state index contributed by atoms with van der Waals surface area (Å²) in [7, 11) is 0. The van der Waals surface area contributed by atoms with Crippen molar-refractivity contribution in [1.29, 1.82) is 0 Å². The van der Waals surface area contributed by atoms with Gasteiger partial charge in [0.25, 0.3) is 5.91 Å². The molecule has 0 bridgehead atoms. The summed E-state index contributed by atoms with van der Waals surface area (Å²) in [6, 6.07) is 2.84. The number of hydrogen-bond donors (Lipinski definition) is 1. The lowest BCUT2D eigenvalue weighted by Gasteiger charge is -2.19. The van der Waals surface area contributed by atoms with Crippen LogP contribution in [0.4, 0.5) is 10.1 Å². The van der Waals surface area contributed by atoms with Crippen molar-refractivity contribution in [2.75, 3.05) is 13.1 Å². The normalized spacial score (nSPS) is 10.1. The van der Waals surface area contributed by atoms with Gasteiger partial charge in [0, 0.05) is 24.7 Å². The van der Waals surface area contributed by atoms with Gasteiger partial charge in [-0.05, 0) is 19.1 Å². The van der Waals surface area contributed by atoms with Gasteiger partial charge in [-0.25, -0.2) is 0 Å². The fourth-order valence-electron chi connectivity index (χ4n) is 1.60. The van der Waals surface area contributed by atoms with Crippen LogP contribution in [-0.4, -0.2) is 39.9 Å². The van der Waals surface area contributed by atoms with Crippen LogP contribution in [0.25, 0.3) is 0 Å². The standard InChI is InChI=1S/C12H13FN2O5/c1-2-14(6-5-11(16)17)12(18)8-3-4-10(15(19)20)9(13)7-8/h3-4,7H,2,5-6H2,1H3,(H,16,17). The highest BCUT2D eigenvalue weighted by Gasteiger charge is 2.20. The molecule has 0 aliphatic heterocycles. The summed E-state index contributed by atoms with van der Waals surface area (Å²) in [5, 5.41) is 19.1. The fourth-order valence-corrected chi connectivity index (χ4v) is 1.60. The van der Waals surface area contributed by atoms with E-state index in [0.717, 1.165) is 18.2 Å². The molecule has 0 aliphatic carbocycles. The first kappa shape index (κ1) is 15.5. The van der Waals surface area contributed by atoms with Crippen molar-refractivity contribution in [2.45, 2.75) is 13.3 Å². The molecule has 8 heteroatoms. The number of carbonyl (C=O) groups is 2. The van der Waals surface area contributed by atoms with E-state index in [2.05, 4.69) is 0 Å². The second-order valence-corrected chi connectivity index (χ2v) is 3.95. The SMILES string of the molecule is CCN(CCC(=O)O)C(=O)c1ccc([N+](=O)[O-])c(F)c1. The third-order valence-electron chi connectivity index (χ3n) is 2.66. The fraction of sp³-hybridized carbons (Fsp3) is 0.333. The van der Waals surface area contributed by atoms with Crippen molar-refractivity contribution in [1.82, 2.24) is 4.90 Å². The minimum atomic E-state index is -1.10. The Labute approximate surface area is 113 Å². The van der Waals surface area contributed by atoms with Gasteiger partial charge in [0.05, 0.1) is 11.3 Å². The van der Waals surface area contributed by atoms with Crippen LogP contribution in [0.2, 0.25) is 0 Å². The number of amides is 1. The number of hydrogen-bond acceptors (Lipinski definition) is 4. The predicted octanol–water partition coefficient (Wildman–Crippen LogP) is 1.67. The Morgan fingerprint density at radius 2 is 2.10 bits per heavy atom. The number of rotatable bonds is 6. The van der Waals surface area contributed by atoms with Crippen LogP contribution in [0.15, 0.2) is 18.2 Å². The summed E-state index contributed by atoms with van der Waals surface area (Å²) in [5.41, 5.74) is -0.768. The Balaban J connectivity index is 2.92. The Morgan fingerprint density at radius 3 is 2.55 bits per heavy atom. The lowest BCUT2D eigenvalue weighted by Crippen LogP contribution is -2.32. The first-order valence-electron chi connectivity index (χ1n) is 5.81. The quantitative estimate of drug-likeness (QED) is 0.632. The third-order valence-corrected chi connectivity index (χ3v) is 2.66. The van der Waals surface area contributed by atoms with Gasteiger partial charge < -0.3 is 10.0 Å². The zero-order chi connectivity index (χ0) is 15.3. The van der Waals surface area contributed by atoms with Crippen molar-refractivity contribution in [3.05, 3.63) is 39.7 Å². The molecule has 0 aromatic heterocycles. The minimum absolute atomic E-state index is 0.0106. The summed E-state index contributed by atoms with van der Waals surface area (Å²) >= 11 is 0. The largest absolute Gasteiger partial charge is 0.481 e. The van der Waals surface area contributed by atoms with Gasteiger partial charge >= 0.3 is 11.7 Å². The number of carboxylic acid groups (broad SMARTS) is 1. The number of halogens is 1. The lowest BCUT2D eigenvalue weighted by molar-refractivity contribution is -0.387. The van der Waals surface area contributed by atoms with Crippen molar-refractivity contribution in [3.63, 3.8) is 0 Å². The molecular formula is C12H13FN2O5. The molecule has 0 spiro atoms. The van der Waals surface area contributed by atoms with Gasteiger partial charge in [-0.1, -0.05) is 0 Å². The zero-order valence-corrected chi connectivity index (χ0v) is 10.7. The van der Waals surface area contributed by atoms with E-state index in [0.29, 0.717) is 0 Å². The van der Waals surface area contributed by atoms with Gasteiger partial charge in [-0.3, -0.25) is 19.7 Å². The number of nitrogens with zero attached hydrogens (tertiary/aromatic N) is 2. The number of nitro benzene ring substituents is 1. The monoisotopic (exact) mass is 284 g/mol. The molecule has 0 fully saturated rings. The Hall–Kier alpha value is -2.51. The lowest BCUT2D eigenvalue weighted by atomic mass is 10.1. The average molecular weight is 284 g/mol. The van der Waals surface area contributed by atoms with Crippen LogP contribution in [-0.2, 0) is 4.79 Å². The van der Waals surface area contributed by atoms with Crippen LogP contribution < -0.4 is 0 Å². The highest BCUT2D eigenvalue weighted by Crippen LogP contribution is 2.19. The number of benzene rings is 1. The molecule has 0 atom stereocenters. The molecule has 20 heavy (non-hydrogen) atoms. The Kier molecular flexibility index (Phi) is 5.13. The van der Waals surface area contributed by atoms with E-state index < -0.39 is 28.3 Å². The maximum atomic E-state index is 13.4. The first-order chi connectivity index (χ1) is 9.36. The molecule has 0 heterocycles. The van der Waals surface area contributed by atoms with E-state index in [9.17, 15) is 24.1 Å². The highest BCUT2D eigenvalue weighted by molar-refractivity contribution is 5.94. The smallest absolute Gasteiger partial charge is 0.305 e. The Morgan fingerprint density at radius 1 is 1.45 bits per heavy atom. The van der Waals surface area contributed by atoms with Crippen molar-refractivity contribution in [3.8, 4) is 0 Å².